The summed E-state index contributed by atoms with van der Waals surface area (Å²) in [6, 6.07) is 6.27. The van der Waals surface area contributed by atoms with Gasteiger partial charge in [-0.1, -0.05) is 0 Å². The molecule has 5 nitrogen and oxygen atoms in total. The molecule has 0 aliphatic carbocycles. The van der Waals surface area contributed by atoms with E-state index < -0.39 is 9.84 Å². The number of rotatable bonds is 2. The predicted octanol–water partition coefficient (Wildman–Crippen LogP) is 2.12. The molecule has 1 spiro atoms. The van der Waals surface area contributed by atoms with Crippen molar-refractivity contribution in [3.05, 3.63) is 29.8 Å². The topological polar surface area (TPSA) is 66.5 Å². The molecule has 2 heterocycles. The van der Waals surface area contributed by atoms with Crippen molar-refractivity contribution in [2.75, 3.05) is 32.4 Å². The normalized spacial score (nSPS) is 20.5. The number of halogens is 1. The maximum absolute atomic E-state index is 12.6. The molecule has 1 N–H and O–H groups in total. The third-order valence-corrected chi connectivity index (χ3v) is 6.43. The van der Waals surface area contributed by atoms with Crippen molar-refractivity contribution in [1.82, 2.24) is 10.2 Å². The van der Waals surface area contributed by atoms with Crippen molar-refractivity contribution >= 4 is 28.2 Å². The second-order valence-corrected chi connectivity index (χ2v) is 8.85. The molecule has 2 saturated heterocycles. The molecule has 0 atom stereocenters. The first kappa shape index (κ1) is 19.2. The monoisotopic (exact) mass is 372 g/mol. The molecule has 0 unspecified atom stereocenters. The van der Waals surface area contributed by atoms with Gasteiger partial charge in [0.25, 0.3) is 5.91 Å². The van der Waals surface area contributed by atoms with Gasteiger partial charge in [0.1, 0.15) is 0 Å². The zero-order chi connectivity index (χ0) is 16.5. The summed E-state index contributed by atoms with van der Waals surface area (Å²) in [6.07, 6.45) is 5.73. The average Bonchev–Trinajstić information content (AvgIpc) is 2.55. The molecule has 24 heavy (non-hydrogen) atoms. The van der Waals surface area contributed by atoms with E-state index in [1.165, 1.54) is 31.2 Å². The number of amides is 1. The number of hydrogen-bond donors (Lipinski definition) is 1. The van der Waals surface area contributed by atoms with E-state index in [1.807, 2.05) is 4.90 Å². The molecule has 2 fully saturated rings. The third kappa shape index (κ3) is 4.10. The zero-order valence-corrected chi connectivity index (χ0v) is 15.6. The van der Waals surface area contributed by atoms with E-state index in [0.29, 0.717) is 11.0 Å². The van der Waals surface area contributed by atoms with Gasteiger partial charge in [-0.15, -0.1) is 12.4 Å². The molecule has 2 aliphatic heterocycles. The minimum atomic E-state index is -3.22. The summed E-state index contributed by atoms with van der Waals surface area (Å²) in [6.45, 7) is 3.77. The maximum atomic E-state index is 12.6. The van der Waals surface area contributed by atoms with Gasteiger partial charge in [0.15, 0.2) is 9.84 Å². The Morgan fingerprint density at radius 2 is 1.58 bits per heavy atom. The van der Waals surface area contributed by atoms with Gasteiger partial charge in [0.2, 0.25) is 0 Å². The van der Waals surface area contributed by atoms with Crippen LogP contribution in [0.2, 0.25) is 0 Å². The summed E-state index contributed by atoms with van der Waals surface area (Å²) in [5, 5.41) is 3.40. The first-order valence-corrected chi connectivity index (χ1v) is 10.1. The van der Waals surface area contributed by atoms with Gasteiger partial charge in [-0.05, 0) is 68.5 Å². The van der Waals surface area contributed by atoms with Crippen LogP contribution < -0.4 is 5.32 Å². The summed E-state index contributed by atoms with van der Waals surface area (Å²) < 4.78 is 23.0. The smallest absolute Gasteiger partial charge is 0.253 e. The van der Waals surface area contributed by atoms with Gasteiger partial charge in [-0.3, -0.25) is 4.79 Å². The fourth-order valence-electron chi connectivity index (χ4n) is 3.67. The highest BCUT2D eigenvalue weighted by Crippen LogP contribution is 2.39. The Kier molecular flexibility index (Phi) is 5.94. The lowest BCUT2D eigenvalue weighted by Crippen LogP contribution is -2.47. The van der Waals surface area contributed by atoms with Gasteiger partial charge in [0.05, 0.1) is 4.90 Å². The van der Waals surface area contributed by atoms with E-state index in [9.17, 15) is 13.2 Å². The van der Waals surface area contributed by atoms with Crippen molar-refractivity contribution in [1.29, 1.82) is 0 Å². The van der Waals surface area contributed by atoms with E-state index in [1.54, 1.807) is 12.1 Å². The van der Waals surface area contributed by atoms with Gasteiger partial charge in [0, 0.05) is 24.9 Å². The Morgan fingerprint density at radius 1 is 1.04 bits per heavy atom. The molecule has 0 radical (unpaired) electrons. The van der Waals surface area contributed by atoms with Crippen molar-refractivity contribution in [3.63, 3.8) is 0 Å². The van der Waals surface area contributed by atoms with Crippen LogP contribution in [0.4, 0.5) is 0 Å². The number of benzene rings is 1. The van der Waals surface area contributed by atoms with E-state index in [0.717, 1.165) is 39.0 Å². The van der Waals surface area contributed by atoms with Crippen LogP contribution in [0.5, 0.6) is 0 Å². The second-order valence-electron chi connectivity index (χ2n) is 6.84. The van der Waals surface area contributed by atoms with Gasteiger partial charge >= 0.3 is 0 Å². The fourth-order valence-corrected chi connectivity index (χ4v) is 4.30. The molecule has 1 amide bonds. The largest absolute Gasteiger partial charge is 0.339 e. The molecular weight excluding hydrogens is 348 g/mol. The Morgan fingerprint density at radius 3 is 2.08 bits per heavy atom. The second kappa shape index (κ2) is 7.42. The summed E-state index contributed by atoms with van der Waals surface area (Å²) in [4.78, 5) is 14.8. The minimum absolute atomic E-state index is 0. The van der Waals surface area contributed by atoms with Crippen LogP contribution in [-0.4, -0.2) is 51.7 Å². The van der Waals surface area contributed by atoms with Gasteiger partial charge in [-0.25, -0.2) is 8.42 Å². The van der Waals surface area contributed by atoms with Crippen LogP contribution in [0.3, 0.4) is 0 Å². The fraction of sp³-hybridized carbons (Fsp3) is 0.588. The SMILES string of the molecule is CS(=O)(=O)c1ccc(C(=O)N2CCC3(CCNCC3)CC2)cc1.Cl. The average molecular weight is 373 g/mol. The number of carbonyl (C=O) groups is 1. The number of likely N-dealkylation sites (tertiary alicyclic amines) is 1. The van der Waals surface area contributed by atoms with Crippen molar-refractivity contribution < 1.29 is 13.2 Å². The van der Waals surface area contributed by atoms with E-state index in [2.05, 4.69) is 5.32 Å². The number of hydrogen-bond acceptors (Lipinski definition) is 4. The summed E-state index contributed by atoms with van der Waals surface area (Å²) in [7, 11) is -3.22. The van der Waals surface area contributed by atoms with Crippen LogP contribution in [0.1, 0.15) is 36.0 Å². The van der Waals surface area contributed by atoms with Crippen LogP contribution in [0.15, 0.2) is 29.2 Å². The number of piperidine rings is 2. The Bertz CT molecular complexity index is 672. The van der Waals surface area contributed by atoms with Crippen LogP contribution >= 0.6 is 12.4 Å². The summed E-state index contributed by atoms with van der Waals surface area (Å²) in [5.41, 5.74) is 0.987. The summed E-state index contributed by atoms with van der Waals surface area (Å²) >= 11 is 0. The van der Waals surface area contributed by atoms with E-state index >= 15 is 0 Å². The molecule has 0 saturated carbocycles. The van der Waals surface area contributed by atoms with E-state index in [4.69, 9.17) is 0 Å². The Hall–Kier alpha value is -1.11. The highest BCUT2D eigenvalue weighted by Gasteiger charge is 2.36. The first-order valence-electron chi connectivity index (χ1n) is 8.20. The molecule has 7 heteroatoms. The third-order valence-electron chi connectivity index (χ3n) is 5.30. The highest BCUT2D eigenvalue weighted by atomic mass is 35.5. The molecule has 2 aliphatic rings. The molecule has 1 aromatic carbocycles. The van der Waals surface area contributed by atoms with Crippen molar-refractivity contribution in [2.45, 2.75) is 30.6 Å². The number of nitrogens with one attached hydrogen (secondary N) is 1. The maximum Gasteiger partial charge on any atom is 0.253 e. The lowest BCUT2D eigenvalue weighted by atomic mass is 9.71. The molecule has 1 aromatic rings. The minimum Gasteiger partial charge on any atom is -0.339 e. The molecule has 0 bridgehead atoms. The predicted molar refractivity (Wildman–Crippen MR) is 96.5 cm³/mol. The lowest BCUT2D eigenvalue weighted by molar-refractivity contribution is 0.0495. The molecular formula is C17H25ClN2O3S. The Labute approximate surface area is 150 Å². The standard InChI is InChI=1S/C17H24N2O3S.ClH/c1-23(21,22)15-4-2-14(3-5-15)16(20)19-12-8-17(9-13-19)6-10-18-11-7-17;/h2-5,18H,6-13H2,1H3;1H. The number of nitrogens with zero attached hydrogens (tertiary/aromatic N) is 1. The van der Waals surface area contributed by atoms with E-state index in [-0.39, 0.29) is 23.2 Å². The lowest BCUT2D eigenvalue weighted by Gasteiger charge is -2.44. The van der Waals surface area contributed by atoms with Crippen molar-refractivity contribution in [2.24, 2.45) is 5.41 Å². The highest BCUT2D eigenvalue weighted by molar-refractivity contribution is 7.90. The van der Waals surface area contributed by atoms with Gasteiger partial charge < -0.3 is 10.2 Å². The van der Waals surface area contributed by atoms with Gasteiger partial charge in [-0.2, -0.15) is 0 Å². The van der Waals surface area contributed by atoms with Crippen LogP contribution in [0.25, 0.3) is 0 Å². The molecule has 3 rings (SSSR count). The quantitative estimate of drug-likeness (QED) is 0.863. The summed E-state index contributed by atoms with van der Waals surface area (Å²) in [5.74, 6) is 0.00818. The Balaban J connectivity index is 0.00000208. The van der Waals surface area contributed by atoms with Crippen molar-refractivity contribution in [3.8, 4) is 0 Å². The molecule has 134 valence electrons. The number of sulfone groups is 1. The molecule has 0 aromatic heterocycles. The first-order chi connectivity index (χ1) is 10.9. The van der Waals surface area contributed by atoms with Crippen LogP contribution in [-0.2, 0) is 9.84 Å². The number of carbonyl (C=O) groups excluding carboxylic acids is 1. The van der Waals surface area contributed by atoms with Crippen LogP contribution in [0, 0.1) is 5.41 Å². The zero-order valence-electron chi connectivity index (χ0n) is 14.0.